The van der Waals surface area contributed by atoms with Crippen molar-refractivity contribution in [1.29, 1.82) is 0 Å². The Morgan fingerprint density at radius 3 is 2.21 bits per heavy atom. The minimum absolute atomic E-state index is 0.299. The number of aliphatic imine (C=N–C) groups is 1. The fraction of sp³-hybridized carbons (Fsp3) is 0.350. The van der Waals surface area contributed by atoms with Gasteiger partial charge in [-0.25, -0.2) is 0 Å². The van der Waals surface area contributed by atoms with Crippen LogP contribution in [0.15, 0.2) is 47.5 Å². The number of halogens is 3. The summed E-state index contributed by atoms with van der Waals surface area (Å²) in [5.74, 6) is 1.63. The fourth-order valence-electron chi connectivity index (χ4n) is 2.59. The molecule has 0 amide bonds. The summed E-state index contributed by atoms with van der Waals surface area (Å²) >= 11 is 0. The Bertz CT molecular complexity index is 790. The summed E-state index contributed by atoms with van der Waals surface area (Å²) < 4.78 is 48.1. The van der Waals surface area contributed by atoms with E-state index in [9.17, 15) is 13.2 Å². The van der Waals surface area contributed by atoms with Crippen LogP contribution in [0.3, 0.4) is 0 Å². The van der Waals surface area contributed by atoms with Crippen LogP contribution in [0.2, 0.25) is 0 Å². The Morgan fingerprint density at radius 2 is 1.61 bits per heavy atom. The molecule has 0 heterocycles. The highest BCUT2D eigenvalue weighted by atomic mass is 19.4. The van der Waals surface area contributed by atoms with Gasteiger partial charge in [-0.3, -0.25) is 4.99 Å². The Hall–Kier alpha value is -2.90. The van der Waals surface area contributed by atoms with Crippen molar-refractivity contribution in [1.82, 2.24) is 5.32 Å². The highest BCUT2D eigenvalue weighted by Gasteiger charge is 2.29. The van der Waals surface area contributed by atoms with E-state index < -0.39 is 11.7 Å². The van der Waals surface area contributed by atoms with Gasteiger partial charge in [-0.05, 0) is 48.2 Å². The van der Waals surface area contributed by atoms with Gasteiger partial charge in [0.15, 0.2) is 17.5 Å². The molecule has 2 aromatic rings. The van der Waals surface area contributed by atoms with Crippen molar-refractivity contribution in [2.45, 2.75) is 19.0 Å². The van der Waals surface area contributed by atoms with E-state index in [1.165, 1.54) is 12.1 Å². The zero-order valence-electron chi connectivity index (χ0n) is 15.8. The first-order chi connectivity index (χ1) is 13.3. The number of ether oxygens (including phenoxy) is 2. The number of methoxy groups -OCH3 is 2. The molecule has 28 heavy (non-hydrogen) atoms. The summed E-state index contributed by atoms with van der Waals surface area (Å²) in [7, 11) is 3.17. The molecule has 2 rings (SSSR count). The molecule has 0 bridgehead atoms. The molecule has 0 aromatic heterocycles. The van der Waals surface area contributed by atoms with Crippen molar-refractivity contribution < 1.29 is 22.6 Å². The Labute approximate surface area is 162 Å². The first-order valence-electron chi connectivity index (χ1n) is 8.74. The number of guanidine groups is 1. The number of nitrogens with one attached hydrogen (secondary N) is 1. The van der Waals surface area contributed by atoms with E-state index in [0.717, 1.165) is 29.7 Å². The fourth-order valence-corrected chi connectivity index (χ4v) is 2.59. The lowest BCUT2D eigenvalue weighted by atomic mass is 10.1. The largest absolute Gasteiger partial charge is 0.493 e. The van der Waals surface area contributed by atoms with Gasteiger partial charge in [-0.2, -0.15) is 13.2 Å². The predicted molar refractivity (Wildman–Crippen MR) is 103 cm³/mol. The second-order valence-corrected chi connectivity index (χ2v) is 6.08. The zero-order chi connectivity index (χ0) is 20.6. The minimum atomic E-state index is -4.32. The van der Waals surface area contributed by atoms with E-state index in [-0.39, 0.29) is 0 Å². The smallest absolute Gasteiger partial charge is 0.416 e. The Balaban J connectivity index is 1.77. The number of nitrogens with two attached hydrogens (primary N) is 1. The third-order valence-corrected chi connectivity index (χ3v) is 4.13. The molecule has 8 heteroatoms. The lowest BCUT2D eigenvalue weighted by molar-refractivity contribution is -0.137. The predicted octanol–water partition coefficient (Wildman–Crippen LogP) is 3.41. The van der Waals surface area contributed by atoms with Gasteiger partial charge in [0.1, 0.15) is 0 Å². The molecule has 2 aromatic carbocycles. The summed E-state index contributed by atoms with van der Waals surface area (Å²) in [5, 5.41) is 3.02. The summed E-state index contributed by atoms with van der Waals surface area (Å²) in [5.41, 5.74) is 7.01. The molecule has 0 fully saturated rings. The number of alkyl halides is 3. The van der Waals surface area contributed by atoms with Gasteiger partial charge < -0.3 is 20.5 Å². The van der Waals surface area contributed by atoms with Crippen LogP contribution in [0.4, 0.5) is 13.2 Å². The monoisotopic (exact) mass is 395 g/mol. The molecule has 0 aliphatic carbocycles. The van der Waals surface area contributed by atoms with E-state index >= 15 is 0 Å². The number of hydrogen-bond acceptors (Lipinski definition) is 3. The lowest BCUT2D eigenvalue weighted by Crippen LogP contribution is -2.33. The molecule has 0 unspecified atom stereocenters. The third-order valence-electron chi connectivity index (χ3n) is 4.13. The highest BCUT2D eigenvalue weighted by molar-refractivity contribution is 5.77. The van der Waals surface area contributed by atoms with Crippen molar-refractivity contribution >= 4 is 5.96 Å². The van der Waals surface area contributed by atoms with Gasteiger partial charge in [-0.15, -0.1) is 0 Å². The molecule has 5 nitrogen and oxygen atoms in total. The Morgan fingerprint density at radius 1 is 0.964 bits per heavy atom. The van der Waals surface area contributed by atoms with Crippen LogP contribution >= 0.6 is 0 Å². The standard InChI is InChI=1S/C20H24F3N3O2/c1-27-17-8-5-15(13-18(17)28-2)10-12-26-19(24)25-11-9-14-3-6-16(7-4-14)20(21,22)23/h3-8,13H,9-12H2,1-2H3,(H3,24,25,26). The molecule has 0 aliphatic rings. The van der Waals surface area contributed by atoms with Gasteiger partial charge in [0.25, 0.3) is 0 Å². The van der Waals surface area contributed by atoms with Gasteiger partial charge in [-0.1, -0.05) is 18.2 Å². The van der Waals surface area contributed by atoms with Crippen LogP contribution in [0.5, 0.6) is 11.5 Å². The molecule has 152 valence electrons. The van der Waals surface area contributed by atoms with Crippen molar-refractivity contribution in [3.05, 3.63) is 59.2 Å². The Kier molecular flexibility index (Phi) is 7.54. The van der Waals surface area contributed by atoms with Crippen LogP contribution in [-0.2, 0) is 19.0 Å². The van der Waals surface area contributed by atoms with E-state index in [2.05, 4.69) is 10.3 Å². The van der Waals surface area contributed by atoms with E-state index in [0.29, 0.717) is 37.0 Å². The van der Waals surface area contributed by atoms with Gasteiger partial charge in [0, 0.05) is 13.1 Å². The maximum Gasteiger partial charge on any atom is 0.416 e. The van der Waals surface area contributed by atoms with Crippen LogP contribution in [0.1, 0.15) is 16.7 Å². The molecule has 0 atom stereocenters. The average molecular weight is 395 g/mol. The zero-order valence-corrected chi connectivity index (χ0v) is 15.8. The van der Waals surface area contributed by atoms with Crippen molar-refractivity contribution in [2.24, 2.45) is 10.7 Å². The molecular formula is C20H24F3N3O2. The first-order valence-corrected chi connectivity index (χ1v) is 8.74. The van der Waals surface area contributed by atoms with Crippen molar-refractivity contribution in [3.8, 4) is 11.5 Å². The van der Waals surface area contributed by atoms with Gasteiger partial charge in [0.2, 0.25) is 0 Å². The second-order valence-electron chi connectivity index (χ2n) is 6.08. The molecule has 0 aliphatic heterocycles. The molecular weight excluding hydrogens is 371 g/mol. The lowest BCUT2D eigenvalue weighted by Gasteiger charge is -2.10. The summed E-state index contributed by atoms with van der Waals surface area (Å²) in [6.07, 6.45) is -3.09. The maximum absolute atomic E-state index is 12.5. The maximum atomic E-state index is 12.5. The summed E-state index contributed by atoms with van der Waals surface area (Å²) in [6.45, 7) is 0.978. The molecule has 0 spiro atoms. The molecule has 0 saturated heterocycles. The van der Waals surface area contributed by atoms with Crippen LogP contribution < -0.4 is 20.5 Å². The third kappa shape index (κ3) is 6.37. The van der Waals surface area contributed by atoms with Crippen LogP contribution in [0.25, 0.3) is 0 Å². The normalized spacial score (nSPS) is 12.0. The molecule has 3 N–H and O–H groups in total. The second kappa shape index (κ2) is 9.87. The quantitative estimate of drug-likeness (QED) is 0.531. The summed E-state index contributed by atoms with van der Waals surface area (Å²) in [6, 6.07) is 10.8. The number of rotatable bonds is 8. The van der Waals surface area contributed by atoms with Crippen molar-refractivity contribution in [3.63, 3.8) is 0 Å². The van der Waals surface area contributed by atoms with E-state index in [4.69, 9.17) is 15.2 Å². The SMILES string of the molecule is COc1ccc(CCNC(N)=NCCc2ccc(C(F)(F)F)cc2)cc1OC. The minimum Gasteiger partial charge on any atom is -0.493 e. The number of hydrogen-bond donors (Lipinski definition) is 2. The van der Waals surface area contributed by atoms with Crippen LogP contribution in [-0.4, -0.2) is 33.3 Å². The highest BCUT2D eigenvalue weighted by Crippen LogP contribution is 2.29. The van der Waals surface area contributed by atoms with Crippen LogP contribution in [0, 0.1) is 0 Å². The van der Waals surface area contributed by atoms with Gasteiger partial charge >= 0.3 is 6.18 Å². The van der Waals surface area contributed by atoms with Gasteiger partial charge in [0.05, 0.1) is 19.8 Å². The number of nitrogens with zero attached hydrogens (tertiary/aromatic N) is 1. The van der Waals surface area contributed by atoms with E-state index in [1.807, 2.05) is 18.2 Å². The first kappa shape index (κ1) is 21.4. The molecule has 0 radical (unpaired) electrons. The average Bonchev–Trinajstić information content (AvgIpc) is 2.67. The number of benzene rings is 2. The van der Waals surface area contributed by atoms with Crippen molar-refractivity contribution in [2.75, 3.05) is 27.3 Å². The topological polar surface area (TPSA) is 68.9 Å². The van der Waals surface area contributed by atoms with E-state index in [1.54, 1.807) is 14.2 Å². The summed E-state index contributed by atoms with van der Waals surface area (Å²) in [4.78, 5) is 4.20. The molecule has 0 saturated carbocycles.